The zero-order chi connectivity index (χ0) is 15.1. The molecule has 4 nitrogen and oxygen atoms in total. The minimum atomic E-state index is 0.108. The molecule has 0 atom stereocenters. The van der Waals surface area contributed by atoms with Gasteiger partial charge in [-0.3, -0.25) is 4.79 Å². The van der Waals surface area contributed by atoms with Gasteiger partial charge in [0.05, 0.1) is 5.52 Å². The van der Waals surface area contributed by atoms with Crippen LogP contribution in [0.1, 0.15) is 31.7 Å². The fraction of sp³-hybridized carbons (Fsp3) is 0.471. The first kappa shape index (κ1) is 15.6. The molecule has 0 saturated carbocycles. The topological polar surface area (TPSA) is 46.1 Å². The highest BCUT2D eigenvalue weighted by Gasteiger charge is 2.07. The smallest absolute Gasteiger partial charge is 0.219 e. The molecular formula is C17H25N3O. The summed E-state index contributed by atoms with van der Waals surface area (Å²) < 4.78 is 2.27. The third-order valence-corrected chi connectivity index (χ3v) is 3.70. The molecule has 0 saturated heterocycles. The molecule has 0 bridgehead atoms. The molecule has 0 aliphatic heterocycles. The zero-order valence-corrected chi connectivity index (χ0v) is 13.0. The van der Waals surface area contributed by atoms with Crippen LogP contribution in [-0.4, -0.2) is 24.1 Å². The second-order valence-electron chi connectivity index (χ2n) is 5.32. The lowest BCUT2D eigenvalue weighted by Gasteiger charge is -2.10. The molecule has 2 aromatic rings. The quantitative estimate of drug-likeness (QED) is 0.733. The molecule has 1 aromatic heterocycles. The summed E-state index contributed by atoms with van der Waals surface area (Å²) in [6, 6.07) is 8.59. The van der Waals surface area contributed by atoms with E-state index in [9.17, 15) is 4.79 Å². The van der Waals surface area contributed by atoms with Crippen LogP contribution in [0.4, 0.5) is 0 Å². The van der Waals surface area contributed by atoms with Crippen molar-refractivity contribution in [3.05, 3.63) is 36.0 Å². The van der Waals surface area contributed by atoms with Crippen LogP contribution in [0.3, 0.4) is 0 Å². The van der Waals surface area contributed by atoms with Gasteiger partial charge < -0.3 is 15.2 Å². The van der Waals surface area contributed by atoms with Gasteiger partial charge in [0, 0.05) is 32.8 Å². The van der Waals surface area contributed by atoms with E-state index in [-0.39, 0.29) is 5.91 Å². The van der Waals surface area contributed by atoms with Gasteiger partial charge in [-0.15, -0.1) is 0 Å². The molecule has 0 aliphatic carbocycles. The van der Waals surface area contributed by atoms with Gasteiger partial charge >= 0.3 is 0 Å². The fourth-order valence-electron chi connectivity index (χ4n) is 2.60. The zero-order valence-electron chi connectivity index (χ0n) is 13.0. The number of carbonyl (C=O) groups is 1. The Morgan fingerprint density at radius 2 is 2.14 bits per heavy atom. The molecule has 1 aromatic carbocycles. The second kappa shape index (κ2) is 7.84. The predicted molar refractivity (Wildman–Crippen MR) is 87.2 cm³/mol. The average molecular weight is 287 g/mol. The number of aryl methyl sites for hydroxylation is 1. The van der Waals surface area contributed by atoms with Gasteiger partial charge in [-0.2, -0.15) is 0 Å². The number of fused-ring (bicyclic) bond motifs is 1. The van der Waals surface area contributed by atoms with Crippen molar-refractivity contribution < 1.29 is 4.79 Å². The van der Waals surface area contributed by atoms with Crippen molar-refractivity contribution in [2.24, 2.45) is 0 Å². The van der Waals surface area contributed by atoms with Crippen LogP contribution in [0.15, 0.2) is 30.5 Å². The number of benzene rings is 1. The Morgan fingerprint density at radius 3 is 2.90 bits per heavy atom. The van der Waals surface area contributed by atoms with E-state index in [4.69, 9.17) is 0 Å². The van der Waals surface area contributed by atoms with Crippen molar-refractivity contribution in [1.29, 1.82) is 0 Å². The molecule has 0 spiro atoms. The van der Waals surface area contributed by atoms with Crippen LogP contribution in [-0.2, 0) is 17.9 Å². The molecule has 0 radical (unpaired) electrons. The largest absolute Gasteiger partial charge is 0.359 e. The summed E-state index contributed by atoms with van der Waals surface area (Å²) in [6.45, 7) is 4.98. The van der Waals surface area contributed by atoms with Gasteiger partial charge in [-0.25, -0.2) is 0 Å². The highest BCUT2D eigenvalue weighted by Crippen LogP contribution is 2.21. The molecule has 4 heteroatoms. The van der Waals surface area contributed by atoms with Crippen molar-refractivity contribution in [2.45, 2.75) is 39.3 Å². The maximum atomic E-state index is 11.3. The maximum absolute atomic E-state index is 11.3. The van der Waals surface area contributed by atoms with E-state index in [2.05, 4.69) is 52.6 Å². The molecule has 0 aliphatic rings. The lowest BCUT2D eigenvalue weighted by atomic mass is 10.1. The third-order valence-electron chi connectivity index (χ3n) is 3.70. The first-order valence-corrected chi connectivity index (χ1v) is 7.74. The van der Waals surface area contributed by atoms with Crippen molar-refractivity contribution in [3.63, 3.8) is 0 Å². The second-order valence-corrected chi connectivity index (χ2v) is 5.32. The minimum Gasteiger partial charge on any atom is -0.359 e. The first-order chi connectivity index (χ1) is 10.3. The van der Waals surface area contributed by atoms with E-state index >= 15 is 0 Å². The van der Waals surface area contributed by atoms with Gasteiger partial charge in [-0.05, 0) is 36.4 Å². The van der Waals surface area contributed by atoms with E-state index in [0.29, 0.717) is 6.42 Å². The van der Waals surface area contributed by atoms with Crippen molar-refractivity contribution in [1.82, 2.24) is 15.2 Å². The average Bonchev–Trinajstić information content (AvgIpc) is 2.91. The Morgan fingerprint density at radius 1 is 1.29 bits per heavy atom. The lowest BCUT2D eigenvalue weighted by Crippen LogP contribution is -2.18. The molecule has 2 rings (SSSR count). The molecular weight excluding hydrogens is 262 g/mol. The van der Waals surface area contributed by atoms with Crippen LogP contribution in [0.2, 0.25) is 0 Å². The van der Waals surface area contributed by atoms with Gasteiger partial charge in [0.25, 0.3) is 0 Å². The first-order valence-electron chi connectivity index (χ1n) is 7.74. The van der Waals surface area contributed by atoms with E-state index in [1.165, 1.54) is 16.5 Å². The fourth-order valence-corrected chi connectivity index (χ4v) is 2.60. The number of aromatic nitrogens is 1. The maximum Gasteiger partial charge on any atom is 0.219 e. The summed E-state index contributed by atoms with van der Waals surface area (Å²) in [5, 5.41) is 7.41. The van der Waals surface area contributed by atoms with Crippen LogP contribution >= 0.6 is 0 Å². The van der Waals surface area contributed by atoms with Gasteiger partial charge in [0.15, 0.2) is 0 Å². The monoisotopic (exact) mass is 287 g/mol. The number of rotatable bonds is 8. The summed E-state index contributed by atoms with van der Waals surface area (Å²) in [7, 11) is 1.69. The number of amides is 1. The molecule has 21 heavy (non-hydrogen) atoms. The molecule has 1 amide bonds. The number of carbonyl (C=O) groups excluding carboxylic acids is 1. The lowest BCUT2D eigenvalue weighted by molar-refractivity contribution is -0.120. The van der Waals surface area contributed by atoms with E-state index in [0.717, 1.165) is 32.5 Å². The summed E-state index contributed by atoms with van der Waals surface area (Å²) in [5.74, 6) is 0.108. The van der Waals surface area contributed by atoms with Crippen molar-refractivity contribution >= 4 is 16.8 Å². The van der Waals surface area contributed by atoms with Crippen molar-refractivity contribution in [2.75, 3.05) is 13.6 Å². The van der Waals surface area contributed by atoms with E-state index in [1.807, 2.05) is 0 Å². The summed E-state index contributed by atoms with van der Waals surface area (Å²) in [6.07, 6.45) is 4.70. The van der Waals surface area contributed by atoms with Crippen LogP contribution < -0.4 is 10.6 Å². The van der Waals surface area contributed by atoms with E-state index in [1.54, 1.807) is 7.05 Å². The number of nitrogens with one attached hydrogen (secondary N) is 2. The van der Waals surface area contributed by atoms with Crippen molar-refractivity contribution in [3.8, 4) is 0 Å². The Balaban J connectivity index is 2.10. The minimum absolute atomic E-state index is 0.108. The van der Waals surface area contributed by atoms with Crippen LogP contribution in [0, 0.1) is 0 Å². The number of hydrogen-bond acceptors (Lipinski definition) is 2. The number of hydrogen-bond donors (Lipinski definition) is 2. The molecule has 0 unspecified atom stereocenters. The van der Waals surface area contributed by atoms with E-state index < -0.39 is 0 Å². The third kappa shape index (κ3) is 4.08. The van der Waals surface area contributed by atoms with Crippen LogP contribution in [0.25, 0.3) is 10.9 Å². The summed E-state index contributed by atoms with van der Waals surface area (Å²) in [4.78, 5) is 11.3. The van der Waals surface area contributed by atoms with Gasteiger partial charge in [-0.1, -0.05) is 25.1 Å². The molecule has 1 heterocycles. The van der Waals surface area contributed by atoms with Gasteiger partial charge in [0.1, 0.15) is 0 Å². The Labute approximate surface area is 126 Å². The standard InChI is InChI=1S/C17H25N3O/c1-3-10-19-13-15-7-4-6-14-9-12-20(17(14)15)11-5-8-16(21)18-2/h4,6-7,9,12,19H,3,5,8,10-11,13H2,1-2H3,(H,18,21). The normalized spacial score (nSPS) is 11.0. The van der Waals surface area contributed by atoms with Gasteiger partial charge in [0.2, 0.25) is 5.91 Å². The highest BCUT2D eigenvalue weighted by molar-refractivity contribution is 5.83. The summed E-state index contributed by atoms with van der Waals surface area (Å²) >= 11 is 0. The highest BCUT2D eigenvalue weighted by atomic mass is 16.1. The Kier molecular flexibility index (Phi) is 5.81. The molecule has 114 valence electrons. The predicted octanol–water partition coefficient (Wildman–Crippen LogP) is 2.67. The number of nitrogens with zero attached hydrogens (tertiary/aromatic N) is 1. The SMILES string of the molecule is CCCNCc1cccc2ccn(CCCC(=O)NC)c12. The number of para-hydroxylation sites is 1. The molecule has 2 N–H and O–H groups in total. The molecule has 0 fully saturated rings. The summed E-state index contributed by atoms with van der Waals surface area (Å²) in [5.41, 5.74) is 2.61. The Bertz CT molecular complexity index is 589. The Hall–Kier alpha value is -1.81. The van der Waals surface area contributed by atoms with Crippen LogP contribution in [0.5, 0.6) is 0 Å².